The fraction of sp³-hybridized carbons (Fsp3) is 0.333. The summed E-state index contributed by atoms with van der Waals surface area (Å²) in [6.07, 6.45) is 1.97. The van der Waals surface area contributed by atoms with Gasteiger partial charge in [0.1, 0.15) is 5.75 Å². The van der Waals surface area contributed by atoms with E-state index in [1.165, 1.54) is 19.2 Å². The minimum absolute atomic E-state index is 0.0131. The summed E-state index contributed by atoms with van der Waals surface area (Å²) in [6.45, 7) is 3.77. The summed E-state index contributed by atoms with van der Waals surface area (Å²) in [5.41, 5.74) is 0.883. The van der Waals surface area contributed by atoms with Gasteiger partial charge in [-0.3, -0.25) is 14.9 Å². The molecule has 0 saturated heterocycles. The van der Waals surface area contributed by atoms with E-state index < -0.39 is 23.4 Å². The van der Waals surface area contributed by atoms with Gasteiger partial charge in [-0.05, 0) is 43.2 Å². The molecule has 0 saturated carbocycles. The molecule has 9 heteroatoms. The van der Waals surface area contributed by atoms with Gasteiger partial charge in [-0.25, -0.2) is 4.79 Å². The summed E-state index contributed by atoms with van der Waals surface area (Å²) in [7, 11) is 1.30. The van der Waals surface area contributed by atoms with Gasteiger partial charge in [0.25, 0.3) is 5.91 Å². The van der Waals surface area contributed by atoms with Gasteiger partial charge in [0.15, 0.2) is 12.4 Å². The number of carbonyl (C=O) groups is 2. The van der Waals surface area contributed by atoms with Crippen molar-refractivity contribution in [3.8, 4) is 11.5 Å². The third-order valence-corrected chi connectivity index (χ3v) is 4.19. The van der Waals surface area contributed by atoms with Crippen LogP contribution in [0.5, 0.6) is 11.5 Å². The van der Waals surface area contributed by atoms with Crippen LogP contribution in [0.4, 0.5) is 11.4 Å². The Hall–Kier alpha value is -3.62. The molecular weight excluding hydrogens is 392 g/mol. The molecule has 2 rings (SSSR count). The van der Waals surface area contributed by atoms with Gasteiger partial charge < -0.3 is 19.5 Å². The molecular formula is C21H24N2O7. The number of hydrogen-bond acceptors (Lipinski definition) is 7. The third kappa shape index (κ3) is 6.20. The lowest BCUT2D eigenvalue weighted by Gasteiger charge is -2.11. The van der Waals surface area contributed by atoms with Crippen molar-refractivity contribution in [2.24, 2.45) is 0 Å². The summed E-state index contributed by atoms with van der Waals surface area (Å²) < 4.78 is 15.5. The van der Waals surface area contributed by atoms with Gasteiger partial charge in [-0.15, -0.1) is 0 Å². The maximum atomic E-state index is 12.1. The number of nitrogens with zero attached hydrogens (tertiary/aromatic N) is 1. The average Bonchev–Trinajstić information content (AvgIpc) is 2.73. The summed E-state index contributed by atoms with van der Waals surface area (Å²) in [4.78, 5) is 34.7. The Morgan fingerprint density at radius 3 is 2.47 bits per heavy atom. The zero-order valence-electron chi connectivity index (χ0n) is 17.1. The topological polar surface area (TPSA) is 117 Å². The largest absolute Gasteiger partial charge is 0.494 e. The van der Waals surface area contributed by atoms with E-state index in [9.17, 15) is 19.7 Å². The number of amides is 1. The minimum atomic E-state index is -0.650. The predicted molar refractivity (Wildman–Crippen MR) is 110 cm³/mol. The first-order chi connectivity index (χ1) is 14.3. The number of anilines is 1. The first-order valence-electron chi connectivity index (χ1n) is 9.38. The molecule has 0 heterocycles. The first kappa shape index (κ1) is 22.7. The highest BCUT2D eigenvalue weighted by atomic mass is 16.6. The zero-order chi connectivity index (χ0) is 22.1. The molecule has 2 aromatic carbocycles. The number of nitrogens with one attached hydrogen (secondary N) is 1. The normalized spacial score (nSPS) is 10.2. The molecule has 1 amide bonds. The molecule has 0 bridgehead atoms. The van der Waals surface area contributed by atoms with Gasteiger partial charge in [0.2, 0.25) is 0 Å². The van der Waals surface area contributed by atoms with Crippen molar-refractivity contribution in [3.05, 3.63) is 57.6 Å². The molecule has 0 fully saturated rings. The second-order valence-corrected chi connectivity index (χ2v) is 6.45. The fourth-order valence-corrected chi connectivity index (χ4v) is 2.54. The third-order valence-electron chi connectivity index (χ3n) is 4.19. The first-order valence-corrected chi connectivity index (χ1v) is 9.38. The predicted octanol–water partition coefficient (Wildman–Crippen LogP) is 3.89. The number of rotatable bonds is 10. The van der Waals surface area contributed by atoms with Crippen molar-refractivity contribution in [2.75, 3.05) is 25.6 Å². The van der Waals surface area contributed by atoms with Crippen molar-refractivity contribution in [2.45, 2.75) is 26.7 Å². The second-order valence-electron chi connectivity index (χ2n) is 6.45. The van der Waals surface area contributed by atoms with Crippen LogP contribution < -0.4 is 14.8 Å². The van der Waals surface area contributed by atoms with Crippen LogP contribution in [0.2, 0.25) is 0 Å². The number of nitro groups is 1. The summed E-state index contributed by atoms with van der Waals surface area (Å²) in [6, 6.07) is 9.10. The Balaban J connectivity index is 1.93. The number of nitro benzene ring substituents is 1. The molecule has 0 aliphatic carbocycles. The van der Waals surface area contributed by atoms with Crippen molar-refractivity contribution < 1.29 is 28.7 Å². The number of ether oxygens (including phenoxy) is 3. The van der Waals surface area contributed by atoms with Crippen molar-refractivity contribution in [1.82, 2.24) is 0 Å². The number of methoxy groups -OCH3 is 1. The molecule has 2 aromatic rings. The van der Waals surface area contributed by atoms with Gasteiger partial charge in [-0.2, -0.15) is 0 Å². The molecule has 30 heavy (non-hydrogen) atoms. The molecule has 0 radical (unpaired) electrons. The Morgan fingerprint density at radius 2 is 1.87 bits per heavy atom. The van der Waals surface area contributed by atoms with Crippen molar-refractivity contribution in [1.29, 1.82) is 0 Å². The smallest absolute Gasteiger partial charge is 0.338 e. The van der Waals surface area contributed by atoms with Crippen LogP contribution in [0.15, 0.2) is 36.4 Å². The molecule has 160 valence electrons. The monoisotopic (exact) mass is 416 g/mol. The van der Waals surface area contributed by atoms with Crippen LogP contribution in [-0.4, -0.2) is 37.1 Å². The molecule has 0 aliphatic rings. The van der Waals surface area contributed by atoms with Crippen LogP contribution in [-0.2, 0) is 9.53 Å². The Morgan fingerprint density at radius 1 is 1.17 bits per heavy atom. The highest BCUT2D eigenvalue weighted by Crippen LogP contribution is 2.32. The van der Waals surface area contributed by atoms with Gasteiger partial charge in [-0.1, -0.05) is 13.3 Å². The van der Waals surface area contributed by atoms with E-state index in [4.69, 9.17) is 14.2 Å². The van der Waals surface area contributed by atoms with Crippen LogP contribution in [0, 0.1) is 17.0 Å². The molecule has 0 aliphatic heterocycles. The molecule has 0 atom stereocenters. The van der Waals surface area contributed by atoms with Gasteiger partial charge >= 0.3 is 11.7 Å². The van der Waals surface area contributed by atoms with Crippen LogP contribution in [0.3, 0.4) is 0 Å². The second kappa shape index (κ2) is 10.8. The van der Waals surface area contributed by atoms with Gasteiger partial charge in [0.05, 0.1) is 24.2 Å². The summed E-state index contributed by atoms with van der Waals surface area (Å²) in [5.74, 6) is -0.565. The Bertz CT molecular complexity index is 910. The number of hydrogen-bond donors (Lipinski definition) is 1. The highest BCUT2D eigenvalue weighted by Gasteiger charge is 2.19. The average molecular weight is 416 g/mol. The van der Waals surface area contributed by atoms with Crippen LogP contribution in [0.1, 0.15) is 35.7 Å². The highest BCUT2D eigenvalue weighted by molar-refractivity contribution is 5.96. The van der Waals surface area contributed by atoms with E-state index in [1.54, 1.807) is 31.2 Å². The van der Waals surface area contributed by atoms with E-state index in [2.05, 4.69) is 12.2 Å². The molecule has 1 N–H and O–H groups in total. The molecule has 0 spiro atoms. The summed E-state index contributed by atoms with van der Waals surface area (Å²) >= 11 is 0. The SMILES string of the molecule is CCCCOc1ccc(C(=O)OCC(=O)Nc2cc(OC)c([N+](=O)[O-])cc2C)cc1. The van der Waals surface area contributed by atoms with E-state index in [0.29, 0.717) is 29.2 Å². The molecule has 9 nitrogen and oxygen atoms in total. The lowest BCUT2D eigenvalue weighted by molar-refractivity contribution is -0.385. The quantitative estimate of drug-likeness (QED) is 0.270. The lowest BCUT2D eigenvalue weighted by atomic mass is 10.1. The maximum absolute atomic E-state index is 12.1. The van der Waals surface area contributed by atoms with E-state index in [0.717, 1.165) is 12.8 Å². The zero-order valence-corrected chi connectivity index (χ0v) is 17.1. The Kier molecular flexibility index (Phi) is 8.16. The van der Waals surface area contributed by atoms with E-state index >= 15 is 0 Å². The Labute approximate surface area is 174 Å². The van der Waals surface area contributed by atoms with Crippen molar-refractivity contribution in [3.63, 3.8) is 0 Å². The van der Waals surface area contributed by atoms with Crippen molar-refractivity contribution >= 4 is 23.3 Å². The fourth-order valence-electron chi connectivity index (χ4n) is 2.54. The number of esters is 1. The van der Waals surface area contributed by atoms with Gasteiger partial charge in [0, 0.05) is 17.8 Å². The standard InChI is InChI=1S/C21H24N2O7/c1-4-5-10-29-16-8-6-15(7-9-16)21(25)30-13-20(24)22-17-12-19(28-3)18(23(26)27)11-14(17)2/h6-9,11-12H,4-5,10,13H2,1-3H3,(H,22,24). The maximum Gasteiger partial charge on any atom is 0.338 e. The minimum Gasteiger partial charge on any atom is -0.494 e. The number of unbranched alkanes of at least 4 members (excludes halogenated alkanes) is 1. The lowest BCUT2D eigenvalue weighted by Crippen LogP contribution is -2.21. The number of carbonyl (C=O) groups excluding carboxylic acids is 2. The summed E-state index contributed by atoms with van der Waals surface area (Å²) in [5, 5.41) is 13.6. The van der Waals surface area contributed by atoms with Crippen LogP contribution in [0.25, 0.3) is 0 Å². The van der Waals surface area contributed by atoms with Crippen LogP contribution >= 0.6 is 0 Å². The molecule has 0 aromatic heterocycles. The molecule has 0 unspecified atom stereocenters. The number of benzene rings is 2. The van der Waals surface area contributed by atoms with E-state index in [-0.39, 0.29) is 11.4 Å². The van der Waals surface area contributed by atoms with E-state index in [1.807, 2.05) is 0 Å². The number of aryl methyl sites for hydroxylation is 1.